The molecule has 0 saturated carbocycles. The lowest BCUT2D eigenvalue weighted by atomic mass is 10.1. The maximum atomic E-state index is 12.7. The Kier molecular flexibility index (Phi) is 4.62. The van der Waals surface area contributed by atoms with Crippen LogP contribution in [-0.4, -0.2) is 32.9 Å². The molecule has 0 radical (unpaired) electrons. The third-order valence-electron chi connectivity index (χ3n) is 3.76. The zero-order valence-electron chi connectivity index (χ0n) is 13.8. The Morgan fingerprint density at radius 3 is 3.00 bits per heavy atom. The van der Waals surface area contributed by atoms with Crippen LogP contribution in [0.15, 0.2) is 47.2 Å². The first-order valence-corrected chi connectivity index (χ1v) is 8.20. The van der Waals surface area contributed by atoms with E-state index >= 15 is 0 Å². The first kappa shape index (κ1) is 17.9. The van der Waals surface area contributed by atoms with Gasteiger partial charge in [-0.2, -0.15) is 13.9 Å². The number of hydrogen-bond acceptors (Lipinski definition) is 6. The highest BCUT2D eigenvalue weighted by Crippen LogP contribution is 2.36. The molecule has 0 aliphatic carbocycles. The average Bonchev–Trinajstić information content (AvgIpc) is 3.29. The monoisotopic (exact) mass is 405 g/mol. The van der Waals surface area contributed by atoms with Gasteiger partial charge in [-0.05, 0) is 30.3 Å². The summed E-state index contributed by atoms with van der Waals surface area (Å²) in [5.74, 6) is -0.869. The number of amides is 1. The Bertz CT molecular complexity index is 1160. The molecule has 11 heteroatoms. The van der Waals surface area contributed by atoms with Crippen LogP contribution in [0.4, 0.5) is 14.5 Å². The van der Waals surface area contributed by atoms with Gasteiger partial charge in [-0.25, -0.2) is 0 Å². The lowest BCUT2D eigenvalue weighted by molar-refractivity contribution is -0.0494. The molecule has 0 unspecified atom stereocenters. The van der Waals surface area contributed by atoms with E-state index in [-0.39, 0.29) is 39.0 Å². The van der Waals surface area contributed by atoms with E-state index in [1.54, 1.807) is 12.1 Å². The molecule has 1 amide bonds. The minimum Gasteiger partial charge on any atom is -0.434 e. The summed E-state index contributed by atoms with van der Waals surface area (Å²) < 4.78 is 35.0. The molecule has 0 fully saturated rings. The van der Waals surface area contributed by atoms with Crippen molar-refractivity contribution in [2.24, 2.45) is 0 Å². The summed E-state index contributed by atoms with van der Waals surface area (Å²) in [5, 5.41) is 13.1. The van der Waals surface area contributed by atoms with Crippen molar-refractivity contribution in [1.82, 2.24) is 20.3 Å². The van der Waals surface area contributed by atoms with Crippen LogP contribution in [0, 0.1) is 0 Å². The summed E-state index contributed by atoms with van der Waals surface area (Å²) >= 11 is 5.98. The van der Waals surface area contributed by atoms with Crippen molar-refractivity contribution >= 4 is 34.2 Å². The van der Waals surface area contributed by atoms with E-state index in [1.807, 2.05) is 0 Å². The van der Waals surface area contributed by atoms with Crippen LogP contribution in [0.3, 0.4) is 0 Å². The molecule has 4 rings (SSSR count). The van der Waals surface area contributed by atoms with E-state index in [9.17, 15) is 13.6 Å². The highest BCUT2D eigenvalue weighted by Gasteiger charge is 2.22. The second kappa shape index (κ2) is 7.24. The molecule has 0 bridgehead atoms. The summed E-state index contributed by atoms with van der Waals surface area (Å²) in [6, 6.07) is 7.41. The molecule has 8 nitrogen and oxygen atoms in total. The van der Waals surface area contributed by atoms with Gasteiger partial charge >= 0.3 is 6.61 Å². The molecule has 3 aromatic heterocycles. The van der Waals surface area contributed by atoms with Gasteiger partial charge in [-0.1, -0.05) is 16.8 Å². The number of ether oxygens (including phenoxy) is 1. The minimum atomic E-state index is -3.03. The molecular weight excluding hydrogens is 396 g/mol. The first-order valence-electron chi connectivity index (χ1n) is 7.83. The van der Waals surface area contributed by atoms with Gasteiger partial charge < -0.3 is 14.6 Å². The minimum absolute atomic E-state index is 0.0992. The zero-order chi connectivity index (χ0) is 19.7. The van der Waals surface area contributed by atoms with Gasteiger partial charge in [0, 0.05) is 16.8 Å². The predicted octanol–water partition coefficient (Wildman–Crippen LogP) is 4.12. The third kappa shape index (κ3) is 3.37. The van der Waals surface area contributed by atoms with Gasteiger partial charge in [0.15, 0.2) is 0 Å². The van der Waals surface area contributed by atoms with Gasteiger partial charge in [0.2, 0.25) is 0 Å². The normalized spacial score (nSPS) is 11.1. The van der Waals surface area contributed by atoms with Crippen molar-refractivity contribution in [3.63, 3.8) is 0 Å². The van der Waals surface area contributed by atoms with Crippen molar-refractivity contribution in [2.75, 3.05) is 5.32 Å². The largest absolute Gasteiger partial charge is 0.434 e. The number of carbonyl (C=O) groups is 1. The predicted molar refractivity (Wildman–Crippen MR) is 95.4 cm³/mol. The zero-order valence-corrected chi connectivity index (χ0v) is 14.6. The Balaban J connectivity index is 1.69. The summed E-state index contributed by atoms with van der Waals surface area (Å²) in [7, 11) is 0. The first-order chi connectivity index (χ1) is 13.5. The summed E-state index contributed by atoms with van der Waals surface area (Å²) in [5.41, 5.74) is 1.33. The fourth-order valence-electron chi connectivity index (χ4n) is 2.59. The molecule has 28 heavy (non-hydrogen) atoms. The molecular formula is C17H10ClF2N5O3. The molecule has 1 aromatic carbocycles. The molecule has 0 aliphatic rings. The quantitative estimate of drug-likeness (QED) is 0.517. The molecule has 0 spiro atoms. The van der Waals surface area contributed by atoms with Gasteiger partial charge in [0.05, 0.1) is 17.6 Å². The number of carbonyl (C=O) groups excluding carboxylic acids is 1. The van der Waals surface area contributed by atoms with Crippen LogP contribution in [0.25, 0.3) is 22.3 Å². The number of pyridine rings is 1. The summed E-state index contributed by atoms with van der Waals surface area (Å²) in [6.07, 6.45) is 2.81. The highest BCUT2D eigenvalue weighted by atomic mass is 35.5. The topological polar surface area (TPSA) is 106 Å². The van der Waals surface area contributed by atoms with Crippen molar-refractivity contribution in [1.29, 1.82) is 0 Å². The smallest absolute Gasteiger partial charge is 0.387 e. The number of aromatic amines is 1. The molecule has 4 aromatic rings. The van der Waals surface area contributed by atoms with E-state index in [4.69, 9.17) is 16.1 Å². The number of halogens is 3. The summed E-state index contributed by atoms with van der Waals surface area (Å²) in [6.45, 7) is -3.03. The van der Waals surface area contributed by atoms with Gasteiger partial charge in [-0.3, -0.25) is 14.9 Å². The summed E-state index contributed by atoms with van der Waals surface area (Å²) in [4.78, 5) is 16.7. The Morgan fingerprint density at radius 2 is 2.18 bits per heavy atom. The second-order valence-electron chi connectivity index (χ2n) is 5.51. The second-order valence-corrected chi connectivity index (χ2v) is 5.95. The molecule has 142 valence electrons. The van der Waals surface area contributed by atoms with Crippen molar-refractivity contribution in [2.45, 2.75) is 6.61 Å². The maximum Gasteiger partial charge on any atom is 0.387 e. The van der Waals surface area contributed by atoms with Gasteiger partial charge in [0.1, 0.15) is 16.8 Å². The number of aromatic nitrogens is 4. The lowest BCUT2D eigenvalue weighted by Crippen LogP contribution is -2.12. The van der Waals surface area contributed by atoms with Crippen LogP contribution >= 0.6 is 11.6 Å². The molecule has 2 N–H and O–H groups in total. The maximum absolute atomic E-state index is 12.7. The Morgan fingerprint density at radius 1 is 1.32 bits per heavy atom. The van der Waals surface area contributed by atoms with Gasteiger partial charge in [-0.15, -0.1) is 0 Å². The molecule has 0 saturated heterocycles. The number of alkyl halides is 2. The van der Waals surface area contributed by atoms with Crippen LogP contribution in [-0.2, 0) is 0 Å². The third-order valence-corrected chi connectivity index (χ3v) is 3.99. The standard InChI is InChI=1S/C17H10ClF2N5O3/c18-8-3-4-12(27-17(19)20)9(6-8)13-11(7-22-24-13)23-16(26)15-14-10(25-28-15)2-1-5-21-14/h1-7,17H,(H,22,24)(H,23,26). The molecule has 0 atom stereocenters. The Labute approximate surface area is 160 Å². The van der Waals surface area contributed by atoms with Crippen LogP contribution in [0.5, 0.6) is 5.75 Å². The van der Waals surface area contributed by atoms with Crippen LogP contribution in [0.1, 0.15) is 10.6 Å². The number of anilines is 1. The van der Waals surface area contributed by atoms with Crippen molar-refractivity contribution in [3.8, 4) is 17.0 Å². The number of benzene rings is 1. The number of nitrogens with zero attached hydrogens (tertiary/aromatic N) is 3. The van der Waals surface area contributed by atoms with Crippen molar-refractivity contribution in [3.05, 3.63) is 53.5 Å². The average molecular weight is 406 g/mol. The number of rotatable bonds is 5. The number of nitrogens with one attached hydrogen (secondary N) is 2. The van der Waals surface area contributed by atoms with E-state index < -0.39 is 12.5 Å². The van der Waals surface area contributed by atoms with Gasteiger partial charge in [0.25, 0.3) is 11.7 Å². The van der Waals surface area contributed by atoms with Crippen molar-refractivity contribution < 1.29 is 22.8 Å². The van der Waals surface area contributed by atoms with E-state index in [2.05, 4.69) is 30.4 Å². The Hall–Kier alpha value is -3.53. The SMILES string of the molecule is O=C(Nc1cn[nH]c1-c1cc(Cl)ccc1OC(F)F)c1onc2cccnc12. The number of H-pyrrole nitrogens is 1. The van der Waals surface area contributed by atoms with E-state index in [1.165, 1.54) is 30.6 Å². The number of hydrogen-bond donors (Lipinski definition) is 2. The fourth-order valence-corrected chi connectivity index (χ4v) is 2.77. The molecule has 0 aliphatic heterocycles. The highest BCUT2D eigenvalue weighted by molar-refractivity contribution is 6.31. The lowest BCUT2D eigenvalue weighted by Gasteiger charge is -2.11. The van der Waals surface area contributed by atoms with Crippen LogP contribution < -0.4 is 10.1 Å². The fraction of sp³-hybridized carbons (Fsp3) is 0.0588. The molecule has 3 heterocycles. The van der Waals surface area contributed by atoms with E-state index in [0.29, 0.717) is 5.52 Å². The number of fused-ring (bicyclic) bond motifs is 1. The van der Waals surface area contributed by atoms with E-state index in [0.717, 1.165) is 0 Å². The van der Waals surface area contributed by atoms with Crippen LogP contribution in [0.2, 0.25) is 5.02 Å².